The number of nitrogens with one attached hydrogen (secondary N) is 3. The Morgan fingerprint density at radius 2 is 1.72 bits per heavy atom. The van der Waals surface area contributed by atoms with Gasteiger partial charge in [-0.25, -0.2) is 4.39 Å². The van der Waals surface area contributed by atoms with E-state index in [4.69, 9.17) is 0 Å². The van der Waals surface area contributed by atoms with Gasteiger partial charge in [0.15, 0.2) is 0 Å². The molecule has 5 heterocycles. The predicted molar refractivity (Wildman–Crippen MR) is 190 cm³/mol. The van der Waals surface area contributed by atoms with Crippen molar-refractivity contribution >= 4 is 34.3 Å². The van der Waals surface area contributed by atoms with Crippen LogP contribution in [0.4, 0.5) is 10.1 Å². The molecule has 1 atom stereocenters. The molecule has 3 saturated heterocycles. The Balaban J connectivity index is 0.836. The number of hydrogen-bond donors (Lipinski definition) is 3. The van der Waals surface area contributed by atoms with Gasteiger partial charge in [0, 0.05) is 80.1 Å². The van der Waals surface area contributed by atoms with Gasteiger partial charge in [-0.05, 0) is 85.8 Å². The van der Waals surface area contributed by atoms with E-state index in [1.807, 2.05) is 18.2 Å². The summed E-state index contributed by atoms with van der Waals surface area (Å²) in [5.41, 5.74) is 7.38. The Kier molecular flexibility index (Phi) is 8.49. The second kappa shape index (κ2) is 13.0. The number of fused-ring (bicyclic) bond motifs is 2. The van der Waals surface area contributed by atoms with Gasteiger partial charge in [-0.2, -0.15) is 5.10 Å². The summed E-state index contributed by atoms with van der Waals surface area (Å²) in [5, 5.41) is 11.0. The van der Waals surface area contributed by atoms with Gasteiger partial charge in [0.1, 0.15) is 11.5 Å². The first kappa shape index (κ1) is 32.7. The highest BCUT2D eigenvalue weighted by Gasteiger charge is 2.31. The first-order chi connectivity index (χ1) is 24.1. The van der Waals surface area contributed by atoms with E-state index in [0.717, 1.165) is 98.4 Å². The molecule has 1 aliphatic carbocycles. The van der Waals surface area contributed by atoms with Crippen molar-refractivity contribution in [1.82, 2.24) is 30.3 Å². The van der Waals surface area contributed by atoms with Gasteiger partial charge in [0.2, 0.25) is 11.8 Å². The average Bonchev–Trinajstić information content (AvgIpc) is 3.71. The van der Waals surface area contributed by atoms with E-state index in [1.54, 1.807) is 11.0 Å². The van der Waals surface area contributed by atoms with Crippen LogP contribution in [0.5, 0.6) is 0 Å². The molecule has 8 rings (SSSR count). The smallest absolute Gasteiger partial charge is 0.256 e. The number of aromatic nitrogens is 3. The molecule has 0 bridgehead atoms. The topological polar surface area (TPSA) is 117 Å². The summed E-state index contributed by atoms with van der Waals surface area (Å²) in [5.74, 6) is -0.804. The summed E-state index contributed by atoms with van der Waals surface area (Å²) < 4.78 is 15.4. The highest BCUT2D eigenvalue weighted by atomic mass is 19.1. The summed E-state index contributed by atoms with van der Waals surface area (Å²) in [6, 6.07) is 13.3. The number of rotatable bonds is 6. The van der Waals surface area contributed by atoms with Crippen molar-refractivity contribution in [3.05, 3.63) is 70.7 Å². The van der Waals surface area contributed by atoms with Crippen LogP contribution < -0.4 is 10.2 Å². The summed E-state index contributed by atoms with van der Waals surface area (Å²) in [7, 11) is 0. The maximum absolute atomic E-state index is 15.4. The van der Waals surface area contributed by atoms with E-state index in [9.17, 15) is 14.4 Å². The minimum Gasteiger partial charge on any atom is -0.372 e. The molecular weight excluding hydrogens is 633 g/mol. The molecule has 0 radical (unpaired) electrons. The number of carbonyl (C=O) groups is 3. The van der Waals surface area contributed by atoms with Crippen molar-refractivity contribution in [2.45, 2.75) is 64.7 Å². The zero-order valence-corrected chi connectivity index (χ0v) is 29.0. The van der Waals surface area contributed by atoms with Crippen molar-refractivity contribution < 1.29 is 18.8 Å². The molecular formula is C39H46FN7O3. The lowest BCUT2D eigenvalue weighted by molar-refractivity contribution is -0.134. The number of piperidine rings is 2. The summed E-state index contributed by atoms with van der Waals surface area (Å²) in [4.78, 5) is 47.4. The van der Waals surface area contributed by atoms with Crippen LogP contribution in [0, 0.1) is 17.2 Å². The van der Waals surface area contributed by atoms with Gasteiger partial charge in [0.05, 0.1) is 17.2 Å². The highest BCUT2D eigenvalue weighted by Crippen LogP contribution is 2.38. The van der Waals surface area contributed by atoms with Gasteiger partial charge in [-0.15, -0.1) is 0 Å². The first-order valence-electron chi connectivity index (χ1n) is 18.2. The molecule has 2 aromatic carbocycles. The number of piperazine rings is 1. The Labute approximate surface area is 291 Å². The molecule has 3 N–H and O–H groups in total. The van der Waals surface area contributed by atoms with Crippen LogP contribution in [0.3, 0.4) is 0 Å². The Bertz CT molecular complexity index is 1930. The van der Waals surface area contributed by atoms with Crippen molar-refractivity contribution in [3.63, 3.8) is 0 Å². The maximum atomic E-state index is 15.4. The normalized spacial score (nSPS) is 21.8. The molecule has 2 aromatic heterocycles. The molecule has 0 spiro atoms. The van der Waals surface area contributed by atoms with E-state index in [0.29, 0.717) is 31.8 Å². The van der Waals surface area contributed by atoms with Crippen LogP contribution in [-0.4, -0.2) is 88.5 Å². The molecule has 3 aliphatic heterocycles. The van der Waals surface area contributed by atoms with Gasteiger partial charge < -0.3 is 14.8 Å². The van der Waals surface area contributed by atoms with E-state index in [1.165, 1.54) is 17.3 Å². The standard InChI is InChI=1S/C39H46FN7O3/c1-39(2)12-9-29-34(22-39)43-44-36(29)33-20-26-19-31(40)30(21-32(26)41-33)38(50)47-17-15-45(16-18-47)23-24-10-13-46(14-11-24)27-5-3-25(4-6-27)28-7-8-35(48)42-37(28)49/h3-6,19-21,24,28,41H,7-18,22-23H2,1-2H3,(H,43,44)(H,42,48,49). The van der Waals surface area contributed by atoms with Crippen LogP contribution in [0.2, 0.25) is 0 Å². The number of nitrogens with zero attached hydrogens (tertiary/aromatic N) is 4. The number of halogens is 1. The lowest BCUT2D eigenvalue weighted by Crippen LogP contribution is -2.50. The molecule has 3 amide bonds. The third-order valence-electron chi connectivity index (χ3n) is 11.5. The number of hydrogen-bond acceptors (Lipinski definition) is 6. The molecule has 0 saturated carbocycles. The minimum absolute atomic E-state index is 0.114. The molecule has 1 unspecified atom stereocenters. The van der Waals surface area contributed by atoms with Crippen molar-refractivity contribution in [3.8, 4) is 11.4 Å². The van der Waals surface area contributed by atoms with Gasteiger partial charge in [0.25, 0.3) is 5.91 Å². The number of amides is 3. The molecule has 3 fully saturated rings. The zero-order valence-electron chi connectivity index (χ0n) is 29.0. The molecule has 4 aliphatic rings. The highest BCUT2D eigenvalue weighted by molar-refractivity contribution is 6.01. The third kappa shape index (κ3) is 6.43. The molecule has 4 aromatic rings. The number of aromatic amines is 2. The van der Waals surface area contributed by atoms with Crippen molar-refractivity contribution in [2.75, 3.05) is 50.7 Å². The number of carbonyl (C=O) groups excluding carboxylic acids is 3. The maximum Gasteiger partial charge on any atom is 0.256 e. The van der Waals surface area contributed by atoms with Gasteiger partial charge >= 0.3 is 0 Å². The fourth-order valence-corrected chi connectivity index (χ4v) is 8.49. The fraction of sp³-hybridized carbons (Fsp3) is 0.487. The van der Waals surface area contributed by atoms with Crippen LogP contribution in [0.15, 0.2) is 42.5 Å². The number of imide groups is 1. The number of H-pyrrole nitrogens is 2. The first-order valence-corrected chi connectivity index (χ1v) is 18.2. The van der Waals surface area contributed by atoms with E-state index in [2.05, 4.69) is 56.3 Å². The van der Waals surface area contributed by atoms with Crippen molar-refractivity contribution in [2.24, 2.45) is 11.3 Å². The lowest BCUT2D eigenvalue weighted by atomic mass is 9.76. The SMILES string of the molecule is CC1(C)CCc2c(-c3cc4cc(F)c(C(=O)N5CCN(CC6CCN(c7ccc(C8CCC(=O)NC8=O)cc7)CC6)CC5)cc4[nH]3)n[nH]c2C1. The quantitative estimate of drug-likeness (QED) is 0.235. The lowest BCUT2D eigenvalue weighted by Gasteiger charge is -2.39. The minimum atomic E-state index is -0.487. The van der Waals surface area contributed by atoms with Crippen LogP contribution >= 0.6 is 0 Å². The zero-order chi connectivity index (χ0) is 34.6. The van der Waals surface area contributed by atoms with Gasteiger partial charge in [-0.3, -0.25) is 29.7 Å². The van der Waals surface area contributed by atoms with E-state index < -0.39 is 5.82 Å². The summed E-state index contributed by atoms with van der Waals surface area (Å²) in [6.45, 7) is 10.2. The molecule has 262 valence electrons. The van der Waals surface area contributed by atoms with Crippen molar-refractivity contribution in [1.29, 1.82) is 0 Å². The second-order valence-electron chi connectivity index (χ2n) is 15.6. The molecule has 50 heavy (non-hydrogen) atoms. The van der Waals surface area contributed by atoms with Crippen LogP contribution in [-0.2, 0) is 22.4 Å². The third-order valence-corrected chi connectivity index (χ3v) is 11.5. The molecule has 10 nitrogen and oxygen atoms in total. The van der Waals surface area contributed by atoms with Crippen LogP contribution in [0.25, 0.3) is 22.3 Å². The van der Waals surface area contributed by atoms with E-state index >= 15 is 4.39 Å². The monoisotopic (exact) mass is 679 g/mol. The number of benzene rings is 2. The summed E-state index contributed by atoms with van der Waals surface area (Å²) in [6.07, 6.45) is 6.14. The Hall–Kier alpha value is -4.51. The van der Waals surface area contributed by atoms with Gasteiger partial charge in [-0.1, -0.05) is 26.0 Å². The number of anilines is 1. The second-order valence-corrected chi connectivity index (χ2v) is 15.6. The Morgan fingerprint density at radius 3 is 2.46 bits per heavy atom. The average molecular weight is 680 g/mol. The fourth-order valence-electron chi connectivity index (χ4n) is 8.49. The molecule has 11 heteroatoms. The predicted octanol–water partition coefficient (Wildman–Crippen LogP) is 5.41. The summed E-state index contributed by atoms with van der Waals surface area (Å²) >= 11 is 0. The Morgan fingerprint density at radius 1 is 0.960 bits per heavy atom. The van der Waals surface area contributed by atoms with E-state index in [-0.39, 0.29) is 34.6 Å². The van der Waals surface area contributed by atoms with Crippen LogP contribution in [0.1, 0.15) is 79.0 Å². The largest absolute Gasteiger partial charge is 0.372 e.